The van der Waals surface area contributed by atoms with Gasteiger partial charge in [0.05, 0.1) is 5.56 Å². The van der Waals surface area contributed by atoms with Crippen LogP contribution in [0, 0.1) is 41.5 Å². The Balaban J connectivity index is 1.46. The number of pyridine rings is 1. The molecule has 4 rings (SSSR count). The molecule has 9 nitrogen and oxygen atoms in total. The summed E-state index contributed by atoms with van der Waals surface area (Å²) < 4.78 is 42.2. The number of nitrogens with one attached hydrogen (secondary N) is 4. The second-order valence-electron chi connectivity index (χ2n) is 10.9. The Hall–Kier alpha value is -4.91. The van der Waals surface area contributed by atoms with Crippen LogP contribution in [0.4, 0.5) is 24.7 Å². The summed E-state index contributed by atoms with van der Waals surface area (Å²) in [7, 11) is 3.99. The lowest BCUT2D eigenvalue weighted by molar-refractivity contribution is -0.138. The SMILES string of the molecule is Cc1ccc(C(=O)Nc2ccc(CN3CC[C@@H](CN(C)C)C3)c(C(F)(F)F)c2)cc1C#Cc1ccc(NC(=N)NC#N)nc1. The zero-order chi connectivity index (χ0) is 31.9. The third-order valence-electron chi connectivity index (χ3n) is 7.10. The first-order valence-corrected chi connectivity index (χ1v) is 13.9. The molecular formula is C32H33F3N8O. The molecule has 1 aliphatic heterocycles. The van der Waals surface area contributed by atoms with Crippen LogP contribution in [-0.4, -0.2) is 60.4 Å². The average molecular weight is 603 g/mol. The molecule has 1 aliphatic rings. The van der Waals surface area contributed by atoms with Crippen molar-refractivity contribution in [3.05, 3.63) is 88.1 Å². The maximum atomic E-state index is 14.1. The van der Waals surface area contributed by atoms with Gasteiger partial charge in [0.1, 0.15) is 5.82 Å². The number of nitrogens with zero attached hydrogens (tertiary/aromatic N) is 4. The largest absolute Gasteiger partial charge is 0.416 e. The molecule has 1 fully saturated rings. The van der Waals surface area contributed by atoms with Crippen LogP contribution in [0.3, 0.4) is 0 Å². The minimum Gasteiger partial charge on any atom is -0.322 e. The van der Waals surface area contributed by atoms with Crippen LogP contribution in [0.15, 0.2) is 54.7 Å². The number of halogens is 3. The Morgan fingerprint density at radius 3 is 2.61 bits per heavy atom. The molecule has 3 aromatic rings. The van der Waals surface area contributed by atoms with E-state index in [0.717, 1.165) is 37.7 Å². The van der Waals surface area contributed by atoms with Crippen molar-refractivity contribution in [2.24, 2.45) is 5.92 Å². The van der Waals surface area contributed by atoms with Gasteiger partial charge in [0.2, 0.25) is 5.96 Å². The van der Waals surface area contributed by atoms with Crippen molar-refractivity contribution < 1.29 is 18.0 Å². The number of aromatic nitrogens is 1. The van der Waals surface area contributed by atoms with Crippen molar-refractivity contribution in [1.29, 1.82) is 10.7 Å². The van der Waals surface area contributed by atoms with E-state index in [1.165, 1.54) is 18.3 Å². The van der Waals surface area contributed by atoms with E-state index in [9.17, 15) is 18.0 Å². The zero-order valence-electron chi connectivity index (χ0n) is 24.6. The molecule has 2 heterocycles. The highest BCUT2D eigenvalue weighted by Gasteiger charge is 2.35. The van der Waals surface area contributed by atoms with E-state index in [1.807, 2.05) is 25.9 Å². The molecule has 0 saturated carbocycles. The van der Waals surface area contributed by atoms with Crippen LogP contribution >= 0.6 is 0 Å². The van der Waals surface area contributed by atoms with Crippen LogP contribution in [0.5, 0.6) is 0 Å². The standard InChI is InChI=1S/C32H33F3N8O/c1-21-4-7-25(14-24(21)8-5-22-6-11-29(38-16-22)41-31(37)39-20-36)30(44)40-27-10-9-26(28(15-27)32(33,34)35)19-43-13-12-23(18-43)17-42(2)3/h4,6-7,9-11,14-16,23H,12-13,17-19H2,1-3H3,(H,40,44)(H3,37,38,39,41)/t23-/m0/s1. The van der Waals surface area contributed by atoms with Crippen LogP contribution in [0.1, 0.15) is 44.6 Å². The van der Waals surface area contributed by atoms with Crippen molar-refractivity contribution in [1.82, 2.24) is 20.1 Å². The fourth-order valence-electron chi connectivity index (χ4n) is 5.02. The number of hydrogen-bond acceptors (Lipinski definition) is 6. The maximum absolute atomic E-state index is 14.1. The minimum absolute atomic E-state index is 0.0593. The van der Waals surface area contributed by atoms with Gasteiger partial charge in [0, 0.05) is 48.2 Å². The number of guanidine groups is 1. The molecule has 228 valence electrons. The summed E-state index contributed by atoms with van der Waals surface area (Å²) in [5.41, 5.74) is 1.71. The zero-order valence-corrected chi connectivity index (χ0v) is 24.6. The Morgan fingerprint density at radius 1 is 1.14 bits per heavy atom. The van der Waals surface area contributed by atoms with Gasteiger partial charge >= 0.3 is 6.18 Å². The highest BCUT2D eigenvalue weighted by Crippen LogP contribution is 2.35. The normalized spacial score (nSPS) is 14.8. The Morgan fingerprint density at radius 2 is 1.93 bits per heavy atom. The van der Waals surface area contributed by atoms with Gasteiger partial charge in [-0.25, -0.2) is 4.98 Å². The summed E-state index contributed by atoms with van der Waals surface area (Å²) in [4.78, 5) is 21.4. The second-order valence-corrected chi connectivity index (χ2v) is 10.9. The second kappa shape index (κ2) is 14.0. The molecule has 0 spiro atoms. The molecule has 4 N–H and O–H groups in total. The van der Waals surface area contributed by atoms with Gasteiger partial charge in [-0.15, -0.1) is 0 Å². The number of alkyl halides is 3. The number of amides is 1. The maximum Gasteiger partial charge on any atom is 0.416 e. The van der Waals surface area contributed by atoms with E-state index in [1.54, 1.807) is 36.5 Å². The molecule has 2 aromatic carbocycles. The van der Waals surface area contributed by atoms with Gasteiger partial charge in [-0.1, -0.05) is 24.0 Å². The summed E-state index contributed by atoms with van der Waals surface area (Å²) in [5, 5.41) is 23.5. The number of anilines is 2. The van der Waals surface area contributed by atoms with E-state index in [0.29, 0.717) is 22.9 Å². The summed E-state index contributed by atoms with van der Waals surface area (Å²) >= 11 is 0. The summed E-state index contributed by atoms with van der Waals surface area (Å²) in [6.07, 6.45) is -0.488. The van der Waals surface area contributed by atoms with Gasteiger partial charge < -0.3 is 15.5 Å². The quantitative estimate of drug-likeness (QED) is 0.100. The molecular weight excluding hydrogens is 569 g/mol. The molecule has 1 amide bonds. The lowest BCUT2D eigenvalue weighted by Gasteiger charge is -2.21. The highest BCUT2D eigenvalue weighted by atomic mass is 19.4. The van der Waals surface area contributed by atoms with Crippen molar-refractivity contribution in [3.8, 4) is 18.0 Å². The monoisotopic (exact) mass is 602 g/mol. The Bertz CT molecular complexity index is 1620. The Labute approximate surface area is 254 Å². The lowest BCUT2D eigenvalue weighted by Crippen LogP contribution is -2.26. The fourth-order valence-corrected chi connectivity index (χ4v) is 5.02. The number of rotatable bonds is 7. The van der Waals surface area contributed by atoms with Gasteiger partial charge in [0.25, 0.3) is 5.91 Å². The molecule has 12 heteroatoms. The molecule has 0 radical (unpaired) electrons. The number of likely N-dealkylation sites (tertiary alicyclic amines) is 1. The van der Waals surface area contributed by atoms with E-state index >= 15 is 0 Å². The number of benzene rings is 2. The molecule has 1 saturated heterocycles. The number of carbonyl (C=O) groups excluding carboxylic acids is 1. The van der Waals surface area contributed by atoms with Crippen molar-refractivity contribution in [3.63, 3.8) is 0 Å². The summed E-state index contributed by atoms with van der Waals surface area (Å²) in [5.74, 6) is 5.99. The molecule has 0 bridgehead atoms. The smallest absolute Gasteiger partial charge is 0.322 e. The number of hydrogen-bond donors (Lipinski definition) is 4. The number of carbonyl (C=O) groups is 1. The summed E-state index contributed by atoms with van der Waals surface area (Å²) in [6, 6.07) is 12.1. The predicted molar refractivity (Wildman–Crippen MR) is 163 cm³/mol. The first-order chi connectivity index (χ1) is 20.9. The number of nitriles is 1. The van der Waals surface area contributed by atoms with E-state index in [-0.39, 0.29) is 29.3 Å². The molecule has 1 aromatic heterocycles. The van der Waals surface area contributed by atoms with Crippen LogP contribution in [-0.2, 0) is 12.7 Å². The first kappa shape index (κ1) is 32.0. The minimum atomic E-state index is -4.57. The van der Waals surface area contributed by atoms with Crippen molar-refractivity contribution in [2.75, 3.05) is 44.4 Å². The highest BCUT2D eigenvalue weighted by molar-refractivity contribution is 6.04. The fraction of sp³-hybridized carbons (Fsp3) is 0.312. The lowest BCUT2D eigenvalue weighted by atomic mass is 10.0. The predicted octanol–water partition coefficient (Wildman–Crippen LogP) is 4.86. The summed E-state index contributed by atoms with van der Waals surface area (Å²) in [6.45, 7) is 4.43. The van der Waals surface area contributed by atoms with E-state index in [4.69, 9.17) is 10.7 Å². The molecule has 44 heavy (non-hydrogen) atoms. The molecule has 0 aliphatic carbocycles. The first-order valence-electron chi connectivity index (χ1n) is 13.9. The average Bonchev–Trinajstić information content (AvgIpc) is 3.39. The Kier molecular flexibility index (Phi) is 10.2. The molecule has 0 unspecified atom stereocenters. The number of aryl methyl sites for hydroxylation is 1. The van der Waals surface area contributed by atoms with Gasteiger partial charge in [0.15, 0.2) is 6.19 Å². The molecule has 1 atom stereocenters. The van der Waals surface area contributed by atoms with Crippen molar-refractivity contribution >= 4 is 23.4 Å². The topological polar surface area (TPSA) is 120 Å². The third-order valence-corrected chi connectivity index (χ3v) is 7.10. The van der Waals surface area contributed by atoms with E-state index < -0.39 is 17.6 Å². The third kappa shape index (κ3) is 8.80. The van der Waals surface area contributed by atoms with Crippen LogP contribution in [0.2, 0.25) is 0 Å². The van der Waals surface area contributed by atoms with E-state index in [2.05, 4.69) is 37.7 Å². The van der Waals surface area contributed by atoms with Crippen LogP contribution < -0.4 is 16.0 Å². The van der Waals surface area contributed by atoms with Crippen molar-refractivity contribution in [2.45, 2.75) is 26.1 Å². The van der Waals surface area contributed by atoms with Gasteiger partial charge in [-0.05, 0) is 87.4 Å². The van der Waals surface area contributed by atoms with Gasteiger partial charge in [-0.2, -0.15) is 18.4 Å². The van der Waals surface area contributed by atoms with Gasteiger partial charge in [-0.3, -0.25) is 20.4 Å². The van der Waals surface area contributed by atoms with Crippen LogP contribution in [0.25, 0.3) is 0 Å².